The van der Waals surface area contributed by atoms with Crippen LogP contribution in [-0.2, 0) is 39.5 Å². The van der Waals surface area contributed by atoms with Crippen molar-refractivity contribution in [1.82, 2.24) is 24.6 Å². The van der Waals surface area contributed by atoms with Gasteiger partial charge in [-0.1, -0.05) is 36.4 Å². The number of hydrogen-bond acceptors (Lipinski definition) is 6. The van der Waals surface area contributed by atoms with E-state index >= 15 is 0 Å². The fourth-order valence-electron chi connectivity index (χ4n) is 7.43. The van der Waals surface area contributed by atoms with Gasteiger partial charge in [-0.2, -0.15) is 0 Å². The van der Waals surface area contributed by atoms with Gasteiger partial charge in [-0.3, -0.25) is 14.4 Å². The zero-order valence-corrected chi connectivity index (χ0v) is 31.8. The number of phenolic OH excluding ortho intramolecular Hbond substituents is 1. The Morgan fingerprint density at radius 1 is 0.855 bits per heavy atom. The van der Waals surface area contributed by atoms with Crippen LogP contribution in [0.2, 0.25) is 0 Å². The number of amides is 4. The standard InChI is InChI=1S/C44H45N5O6/c1-27-20-31-8-6-7-9-33(31)26-49(27)43(53)39-22-34-25-48(44(54)55-36-16-12-30(13-17-36)42(52)46(3)4)19-18-32(34)21-38(39)40-23-37(28(2)47(40)5)41(51)45-24-29-10-14-35(50)15-11-29/h6-17,21-23,27,50H,18-20,24-26H2,1-5H3,(H,45,51)/t27-/m1/s1. The highest BCUT2D eigenvalue weighted by atomic mass is 16.6. The molecule has 2 aliphatic heterocycles. The highest BCUT2D eigenvalue weighted by Crippen LogP contribution is 2.35. The van der Waals surface area contributed by atoms with Gasteiger partial charge in [0.2, 0.25) is 0 Å². The molecule has 5 aromatic rings. The van der Waals surface area contributed by atoms with Crippen molar-refractivity contribution in [2.75, 3.05) is 20.6 Å². The van der Waals surface area contributed by atoms with Crippen LogP contribution in [-0.4, -0.2) is 74.9 Å². The van der Waals surface area contributed by atoms with Gasteiger partial charge < -0.3 is 34.4 Å². The van der Waals surface area contributed by atoms with E-state index in [2.05, 4.69) is 24.4 Å². The van der Waals surface area contributed by atoms with Crippen molar-refractivity contribution in [3.63, 3.8) is 0 Å². The summed E-state index contributed by atoms with van der Waals surface area (Å²) in [5, 5.41) is 12.6. The third-order valence-electron chi connectivity index (χ3n) is 10.8. The van der Waals surface area contributed by atoms with Crippen LogP contribution in [0, 0.1) is 6.92 Å². The summed E-state index contributed by atoms with van der Waals surface area (Å²) in [4.78, 5) is 59.1. The molecular weight excluding hydrogens is 695 g/mol. The van der Waals surface area contributed by atoms with E-state index in [1.807, 2.05) is 53.8 Å². The van der Waals surface area contributed by atoms with E-state index in [1.165, 1.54) is 10.5 Å². The second-order valence-corrected chi connectivity index (χ2v) is 14.6. The predicted molar refractivity (Wildman–Crippen MR) is 209 cm³/mol. The molecule has 0 radical (unpaired) electrons. The van der Waals surface area contributed by atoms with Crippen molar-refractivity contribution in [3.05, 3.63) is 141 Å². The van der Waals surface area contributed by atoms with E-state index in [4.69, 9.17) is 4.74 Å². The Labute approximate surface area is 320 Å². The number of hydrogen-bond donors (Lipinski definition) is 2. The van der Waals surface area contributed by atoms with Crippen LogP contribution in [0.15, 0.2) is 91.0 Å². The number of nitrogens with one attached hydrogen (secondary N) is 1. The van der Waals surface area contributed by atoms with Gasteiger partial charge in [0, 0.05) is 81.4 Å². The zero-order valence-electron chi connectivity index (χ0n) is 31.8. The summed E-state index contributed by atoms with van der Waals surface area (Å²) in [5.74, 6) is -0.0182. The third kappa shape index (κ3) is 7.55. The number of nitrogens with zero attached hydrogens (tertiary/aromatic N) is 4. The van der Waals surface area contributed by atoms with Crippen LogP contribution in [0.1, 0.15) is 71.5 Å². The molecule has 0 fully saturated rings. The molecule has 282 valence electrons. The number of carbonyl (C=O) groups excluding carboxylic acids is 4. The Bertz CT molecular complexity index is 2290. The van der Waals surface area contributed by atoms with Crippen LogP contribution in [0.3, 0.4) is 0 Å². The molecule has 11 heteroatoms. The Hall–Kier alpha value is -6.36. The summed E-state index contributed by atoms with van der Waals surface area (Å²) in [6, 6.07) is 27.1. The first-order chi connectivity index (χ1) is 26.4. The Balaban J connectivity index is 1.20. The summed E-state index contributed by atoms with van der Waals surface area (Å²) < 4.78 is 7.67. The molecule has 7 rings (SSSR count). The lowest BCUT2D eigenvalue weighted by Gasteiger charge is -2.36. The molecular formula is C44H45N5O6. The molecule has 11 nitrogen and oxygen atoms in total. The Morgan fingerprint density at radius 3 is 2.27 bits per heavy atom. The number of phenols is 1. The molecule has 0 unspecified atom stereocenters. The van der Waals surface area contributed by atoms with E-state index in [0.717, 1.165) is 45.6 Å². The molecule has 1 aromatic heterocycles. The lowest BCUT2D eigenvalue weighted by atomic mass is 9.90. The molecule has 0 saturated heterocycles. The van der Waals surface area contributed by atoms with Gasteiger partial charge in [0.1, 0.15) is 11.5 Å². The first-order valence-corrected chi connectivity index (χ1v) is 18.4. The maximum absolute atomic E-state index is 14.8. The second-order valence-electron chi connectivity index (χ2n) is 14.6. The van der Waals surface area contributed by atoms with Crippen molar-refractivity contribution in [2.24, 2.45) is 7.05 Å². The normalized spacial score (nSPS) is 14.8. The molecule has 2 N–H and O–H groups in total. The highest BCUT2D eigenvalue weighted by Gasteiger charge is 2.32. The Kier molecular flexibility index (Phi) is 10.2. The van der Waals surface area contributed by atoms with Crippen molar-refractivity contribution < 1.29 is 29.0 Å². The highest BCUT2D eigenvalue weighted by molar-refractivity contribution is 6.03. The molecule has 55 heavy (non-hydrogen) atoms. The van der Waals surface area contributed by atoms with E-state index in [1.54, 1.807) is 67.5 Å². The predicted octanol–water partition coefficient (Wildman–Crippen LogP) is 6.48. The lowest BCUT2D eigenvalue weighted by molar-refractivity contribution is 0.0658. The van der Waals surface area contributed by atoms with Crippen molar-refractivity contribution in [3.8, 4) is 22.8 Å². The van der Waals surface area contributed by atoms with E-state index in [9.17, 15) is 24.3 Å². The number of aromatic hydroxyl groups is 1. The average molecular weight is 740 g/mol. The van der Waals surface area contributed by atoms with Crippen LogP contribution >= 0.6 is 0 Å². The van der Waals surface area contributed by atoms with Crippen molar-refractivity contribution in [2.45, 2.75) is 52.4 Å². The number of fused-ring (bicyclic) bond motifs is 2. The molecule has 1 atom stereocenters. The quantitative estimate of drug-likeness (QED) is 0.197. The molecule has 3 heterocycles. The van der Waals surface area contributed by atoms with E-state index < -0.39 is 6.09 Å². The third-order valence-corrected chi connectivity index (χ3v) is 10.8. The number of aromatic nitrogens is 1. The topological polar surface area (TPSA) is 124 Å². The largest absolute Gasteiger partial charge is 0.508 e. The SMILES string of the molecule is Cc1c(C(=O)NCc2ccc(O)cc2)cc(-c2cc3c(cc2C(=O)N2Cc4ccccc4C[C@H]2C)CN(C(=O)Oc2ccc(C(=O)N(C)C)cc2)CC3)n1C. The maximum Gasteiger partial charge on any atom is 0.415 e. The minimum absolute atomic E-state index is 0.0476. The van der Waals surface area contributed by atoms with Crippen molar-refractivity contribution in [1.29, 1.82) is 0 Å². The van der Waals surface area contributed by atoms with Crippen molar-refractivity contribution >= 4 is 23.8 Å². The molecule has 0 spiro atoms. The maximum atomic E-state index is 14.8. The number of carbonyl (C=O) groups is 4. The van der Waals surface area contributed by atoms with Gasteiger partial charge in [0.15, 0.2) is 0 Å². The molecule has 0 bridgehead atoms. The van der Waals surface area contributed by atoms with E-state index in [0.29, 0.717) is 48.5 Å². The fourth-order valence-corrected chi connectivity index (χ4v) is 7.43. The first kappa shape index (κ1) is 37.0. The summed E-state index contributed by atoms with van der Waals surface area (Å²) in [7, 11) is 5.26. The lowest BCUT2D eigenvalue weighted by Crippen LogP contribution is -2.43. The average Bonchev–Trinajstić information content (AvgIpc) is 3.49. The summed E-state index contributed by atoms with van der Waals surface area (Å²) in [6.45, 7) is 5.38. The molecule has 0 aliphatic carbocycles. The summed E-state index contributed by atoms with van der Waals surface area (Å²) >= 11 is 0. The monoisotopic (exact) mass is 739 g/mol. The van der Waals surface area contributed by atoms with Gasteiger partial charge in [0.05, 0.1) is 5.56 Å². The molecule has 2 aliphatic rings. The minimum Gasteiger partial charge on any atom is -0.508 e. The van der Waals surface area contributed by atoms with Gasteiger partial charge in [-0.05, 0) is 109 Å². The zero-order chi connectivity index (χ0) is 39.0. The summed E-state index contributed by atoms with van der Waals surface area (Å²) in [6.07, 6.45) is 0.760. The molecule has 4 amide bonds. The van der Waals surface area contributed by atoms with Crippen LogP contribution in [0.5, 0.6) is 11.5 Å². The van der Waals surface area contributed by atoms with Crippen LogP contribution in [0.25, 0.3) is 11.3 Å². The molecule has 4 aromatic carbocycles. The first-order valence-electron chi connectivity index (χ1n) is 18.4. The second kappa shape index (κ2) is 15.2. The number of rotatable bonds is 7. The van der Waals surface area contributed by atoms with Gasteiger partial charge >= 0.3 is 6.09 Å². The van der Waals surface area contributed by atoms with Gasteiger partial charge in [0.25, 0.3) is 17.7 Å². The number of ether oxygens (including phenoxy) is 1. The minimum atomic E-state index is -0.517. The summed E-state index contributed by atoms with van der Waals surface area (Å²) in [5.41, 5.74) is 8.77. The van der Waals surface area contributed by atoms with Gasteiger partial charge in [-0.25, -0.2) is 4.79 Å². The van der Waals surface area contributed by atoms with Gasteiger partial charge in [-0.15, -0.1) is 0 Å². The Morgan fingerprint density at radius 2 is 1.56 bits per heavy atom. The fraction of sp³-hybridized carbons (Fsp3) is 0.273. The molecule has 0 saturated carbocycles. The van der Waals surface area contributed by atoms with Crippen LogP contribution in [0.4, 0.5) is 4.79 Å². The number of benzene rings is 4. The van der Waals surface area contributed by atoms with Crippen LogP contribution < -0.4 is 10.1 Å². The smallest absolute Gasteiger partial charge is 0.415 e. The van der Waals surface area contributed by atoms with E-state index in [-0.39, 0.29) is 36.1 Å².